The van der Waals surface area contributed by atoms with Gasteiger partial charge in [-0.1, -0.05) is 54.3 Å². The second kappa shape index (κ2) is 10.5. The number of para-hydroxylation sites is 1. The molecule has 172 valence electrons. The molecule has 1 heterocycles. The largest absolute Gasteiger partial charge is 0.497 e. The maximum Gasteiger partial charge on any atom is 0.270 e. The molecule has 34 heavy (non-hydrogen) atoms. The van der Waals surface area contributed by atoms with Gasteiger partial charge in [0.15, 0.2) is 10.9 Å². The first-order chi connectivity index (χ1) is 16.4. The van der Waals surface area contributed by atoms with Crippen LogP contribution in [0.3, 0.4) is 0 Å². The molecule has 2 amide bonds. The number of amides is 2. The summed E-state index contributed by atoms with van der Waals surface area (Å²) in [4.78, 5) is 27.3. The van der Waals surface area contributed by atoms with Crippen LogP contribution in [-0.4, -0.2) is 29.9 Å². The van der Waals surface area contributed by atoms with E-state index in [4.69, 9.17) is 21.7 Å². The Labute approximate surface area is 207 Å². The summed E-state index contributed by atoms with van der Waals surface area (Å²) in [7, 11) is 1.59. The number of carbonyl (C=O) groups excluding carboxylic acids is 2. The number of thiocarbonyl (C=S) groups is 1. The molecule has 0 atom stereocenters. The zero-order chi connectivity index (χ0) is 24.1. The van der Waals surface area contributed by atoms with Gasteiger partial charge in [0.1, 0.15) is 11.5 Å². The smallest absolute Gasteiger partial charge is 0.270 e. The van der Waals surface area contributed by atoms with Crippen LogP contribution < -0.4 is 19.7 Å². The average molecular weight is 491 g/mol. The molecule has 0 radical (unpaired) electrons. The molecule has 4 rings (SSSR count). The second-order valence-corrected chi connectivity index (χ2v) is 9.12. The molecule has 1 saturated heterocycles. The highest BCUT2D eigenvalue weighted by Gasteiger charge is 2.33. The Morgan fingerprint density at radius 1 is 1.06 bits per heavy atom. The number of thioether (sulfide) groups is 1. The predicted octanol–water partition coefficient (Wildman–Crippen LogP) is 5.43. The SMILES string of the molecule is COc1ccc(N2C(=O)/C(=C/c3cccc(OCC(=O)Nc4ccccc4C)c3)SC2=S)cc1. The van der Waals surface area contributed by atoms with Crippen molar-refractivity contribution in [3.8, 4) is 11.5 Å². The van der Waals surface area contributed by atoms with Crippen molar-refractivity contribution in [1.29, 1.82) is 0 Å². The van der Waals surface area contributed by atoms with Crippen LogP contribution in [0.4, 0.5) is 11.4 Å². The Balaban J connectivity index is 1.42. The fourth-order valence-electron chi connectivity index (χ4n) is 3.32. The molecule has 0 aliphatic carbocycles. The van der Waals surface area contributed by atoms with Crippen LogP contribution in [0.25, 0.3) is 6.08 Å². The Morgan fingerprint density at radius 2 is 1.82 bits per heavy atom. The maximum atomic E-state index is 13.0. The monoisotopic (exact) mass is 490 g/mol. The number of anilines is 2. The number of nitrogens with zero attached hydrogens (tertiary/aromatic N) is 1. The minimum atomic E-state index is -0.250. The molecular formula is C26H22N2O4S2. The molecule has 0 aromatic heterocycles. The normalized spacial score (nSPS) is 14.4. The number of benzene rings is 3. The van der Waals surface area contributed by atoms with E-state index in [0.717, 1.165) is 16.8 Å². The number of rotatable bonds is 7. The van der Waals surface area contributed by atoms with Gasteiger partial charge in [-0.05, 0) is 66.6 Å². The van der Waals surface area contributed by atoms with Gasteiger partial charge in [-0.3, -0.25) is 14.5 Å². The summed E-state index contributed by atoms with van der Waals surface area (Å²) in [6.07, 6.45) is 1.77. The van der Waals surface area contributed by atoms with Crippen molar-refractivity contribution < 1.29 is 19.1 Å². The third kappa shape index (κ3) is 5.47. The van der Waals surface area contributed by atoms with E-state index in [9.17, 15) is 9.59 Å². The first kappa shape index (κ1) is 23.5. The van der Waals surface area contributed by atoms with Gasteiger partial charge >= 0.3 is 0 Å². The maximum absolute atomic E-state index is 13.0. The van der Waals surface area contributed by atoms with Gasteiger partial charge in [0.2, 0.25) is 0 Å². The zero-order valence-electron chi connectivity index (χ0n) is 18.6. The predicted molar refractivity (Wildman–Crippen MR) is 140 cm³/mol. The van der Waals surface area contributed by atoms with Gasteiger partial charge in [0.05, 0.1) is 17.7 Å². The van der Waals surface area contributed by atoms with Crippen LogP contribution in [0.15, 0.2) is 77.7 Å². The van der Waals surface area contributed by atoms with E-state index in [0.29, 0.717) is 26.4 Å². The van der Waals surface area contributed by atoms with Crippen LogP contribution in [0.1, 0.15) is 11.1 Å². The zero-order valence-corrected chi connectivity index (χ0v) is 20.2. The van der Waals surface area contributed by atoms with Crippen LogP contribution in [0, 0.1) is 6.92 Å². The van der Waals surface area contributed by atoms with Crippen LogP contribution in [0.5, 0.6) is 11.5 Å². The van der Waals surface area contributed by atoms with E-state index in [1.807, 2.05) is 43.3 Å². The Kier molecular flexibility index (Phi) is 7.30. The number of hydrogen-bond acceptors (Lipinski definition) is 6. The lowest BCUT2D eigenvalue weighted by Gasteiger charge is -2.14. The molecular weight excluding hydrogens is 468 g/mol. The highest BCUT2D eigenvalue weighted by molar-refractivity contribution is 8.27. The minimum Gasteiger partial charge on any atom is -0.497 e. The third-order valence-corrected chi connectivity index (χ3v) is 6.37. The fourth-order valence-corrected chi connectivity index (χ4v) is 4.61. The van der Waals surface area contributed by atoms with Gasteiger partial charge in [0.25, 0.3) is 11.8 Å². The van der Waals surface area contributed by atoms with E-state index in [2.05, 4.69) is 5.32 Å². The topological polar surface area (TPSA) is 67.9 Å². The summed E-state index contributed by atoms with van der Waals surface area (Å²) in [5.41, 5.74) is 3.18. The van der Waals surface area contributed by atoms with Crippen molar-refractivity contribution in [2.24, 2.45) is 0 Å². The standard InChI is InChI=1S/C26H22N2O4S2/c1-17-6-3-4-9-22(17)27-24(29)16-32-21-8-5-7-18(14-21)15-23-25(30)28(26(33)34-23)19-10-12-20(31-2)13-11-19/h3-15H,16H2,1-2H3,(H,27,29)/b23-15-. The molecule has 1 aliphatic rings. The van der Waals surface area contributed by atoms with Gasteiger partial charge in [-0.15, -0.1) is 0 Å². The van der Waals surface area contributed by atoms with Gasteiger partial charge in [-0.2, -0.15) is 0 Å². The lowest BCUT2D eigenvalue weighted by molar-refractivity contribution is -0.118. The number of nitrogens with one attached hydrogen (secondary N) is 1. The molecule has 0 spiro atoms. The third-order valence-electron chi connectivity index (χ3n) is 5.07. The molecule has 3 aromatic rings. The van der Waals surface area contributed by atoms with E-state index in [-0.39, 0.29) is 18.4 Å². The molecule has 0 unspecified atom stereocenters. The van der Waals surface area contributed by atoms with Gasteiger partial charge < -0.3 is 14.8 Å². The van der Waals surface area contributed by atoms with E-state index >= 15 is 0 Å². The molecule has 1 fully saturated rings. The molecule has 0 saturated carbocycles. The Morgan fingerprint density at radius 3 is 2.56 bits per heavy atom. The minimum absolute atomic E-state index is 0.128. The number of carbonyl (C=O) groups is 2. The van der Waals surface area contributed by atoms with Crippen molar-refractivity contribution in [3.05, 3.63) is 88.8 Å². The second-order valence-electron chi connectivity index (χ2n) is 7.44. The fraction of sp³-hybridized carbons (Fsp3) is 0.115. The summed E-state index contributed by atoms with van der Waals surface area (Å²) < 4.78 is 11.3. The van der Waals surface area contributed by atoms with E-state index < -0.39 is 0 Å². The molecule has 8 heteroatoms. The van der Waals surface area contributed by atoms with Gasteiger partial charge in [0, 0.05) is 5.69 Å². The summed E-state index contributed by atoms with van der Waals surface area (Å²) in [6.45, 7) is 1.80. The Bertz CT molecular complexity index is 1270. The number of ether oxygens (including phenoxy) is 2. The van der Waals surface area contributed by atoms with E-state index in [1.54, 1.807) is 49.6 Å². The van der Waals surface area contributed by atoms with Crippen molar-refractivity contribution in [1.82, 2.24) is 0 Å². The molecule has 6 nitrogen and oxygen atoms in total. The first-order valence-electron chi connectivity index (χ1n) is 10.4. The first-order valence-corrected chi connectivity index (χ1v) is 11.7. The summed E-state index contributed by atoms with van der Waals surface area (Å²) >= 11 is 6.68. The summed E-state index contributed by atoms with van der Waals surface area (Å²) in [5, 5.41) is 2.84. The Hall–Kier alpha value is -3.62. The summed E-state index contributed by atoms with van der Waals surface area (Å²) in [5.74, 6) is 0.789. The van der Waals surface area contributed by atoms with Crippen molar-refractivity contribution in [3.63, 3.8) is 0 Å². The molecule has 1 aliphatic heterocycles. The number of aryl methyl sites for hydroxylation is 1. The van der Waals surface area contributed by atoms with Crippen LogP contribution in [-0.2, 0) is 9.59 Å². The van der Waals surface area contributed by atoms with Crippen LogP contribution >= 0.6 is 24.0 Å². The van der Waals surface area contributed by atoms with Crippen molar-refractivity contribution in [2.75, 3.05) is 23.9 Å². The number of methoxy groups -OCH3 is 1. The summed E-state index contributed by atoms with van der Waals surface area (Å²) in [6, 6.07) is 21.9. The average Bonchev–Trinajstić information content (AvgIpc) is 3.12. The quantitative estimate of drug-likeness (QED) is 0.352. The van der Waals surface area contributed by atoms with Crippen molar-refractivity contribution in [2.45, 2.75) is 6.92 Å². The molecule has 1 N–H and O–H groups in total. The van der Waals surface area contributed by atoms with Gasteiger partial charge in [-0.25, -0.2) is 0 Å². The van der Waals surface area contributed by atoms with Crippen molar-refractivity contribution >= 4 is 57.6 Å². The molecule has 0 bridgehead atoms. The lowest BCUT2D eigenvalue weighted by Crippen LogP contribution is -2.27. The molecule has 3 aromatic carbocycles. The number of hydrogen-bond donors (Lipinski definition) is 1. The van der Waals surface area contributed by atoms with Crippen LogP contribution in [0.2, 0.25) is 0 Å². The highest BCUT2D eigenvalue weighted by atomic mass is 32.2. The highest BCUT2D eigenvalue weighted by Crippen LogP contribution is 2.36. The van der Waals surface area contributed by atoms with E-state index in [1.165, 1.54) is 16.7 Å². The lowest BCUT2D eigenvalue weighted by atomic mass is 10.2.